The summed E-state index contributed by atoms with van der Waals surface area (Å²) in [5.41, 5.74) is 1.68. The summed E-state index contributed by atoms with van der Waals surface area (Å²) in [4.78, 5) is 27.1. The number of esters is 1. The standard InChI is InChI=1S/C25H23NO5S2/c1-29-19-9-4-17(5-10-19)8-13-23(27)31-20-11-6-18(7-12-20)15-22-24(28)26(25(32)33-22)16-21-3-2-14-30-21/h4-13,15,21H,2-3,14,16H2,1H3/b13-8+,22-15+/t21-/m1/s1. The topological polar surface area (TPSA) is 65.1 Å². The van der Waals surface area contributed by atoms with E-state index in [9.17, 15) is 9.59 Å². The number of rotatable bonds is 7. The number of hydrogen-bond donors (Lipinski definition) is 0. The Labute approximate surface area is 202 Å². The summed E-state index contributed by atoms with van der Waals surface area (Å²) in [6.07, 6.45) is 6.86. The van der Waals surface area contributed by atoms with Gasteiger partial charge in [0.2, 0.25) is 0 Å². The van der Waals surface area contributed by atoms with E-state index >= 15 is 0 Å². The lowest BCUT2D eigenvalue weighted by molar-refractivity contribution is -0.129. The van der Waals surface area contributed by atoms with Gasteiger partial charge in [-0.15, -0.1) is 0 Å². The van der Waals surface area contributed by atoms with Gasteiger partial charge in [-0.1, -0.05) is 48.2 Å². The summed E-state index contributed by atoms with van der Waals surface area (Å²) in [7, 11) is 1.60. The Morgan fingerprint density at radius 2 is 1.85 bits per heavy atom. The van der Waals surface area contributed by atoms with Crippen molar-refractivity contribution in [3.8, 4) is 11.5 Å². The molecule has 2 aromatic carbocycles. The van der Waals surface area contributed by atoms with Crippen molar-refractivity contribution in [2.75, 3.05) is 20.3 Å². The van der Waals surface area contributed by atoms with Gasteiger partial charge in [-0.3, -0.25) is 9.69 Å². The van der Waals surface area contributed by atoms with Crippen molar-refractivity contribution in [2.24, 2.45) is 0 Å². The molecule has 0 radical (unpaired) electrons. The molecule has 6 nitrogen and oxygen atoms in total. The number of benzene rings is 2. The molecular weight excluding hydrogens is 458 g/mol. The molecule has 0 aromatic heterocycles. The Bertz CT molecular complexity index is 1090. The monoisotopic (exact) mass is 481 g/mol. The largest absolute Gasteiger partial charge is 0.497 e. The average molecular weight is 482 g/mol. The number of ether oxygens (including phenoxy) is 3. The van der Waals surface area contributed by atoms with Crippen LogP contribution in [0.1, 0.15) is 24.0 Å². The quantitative estimate of drug-likeness (QED) is 0.246. The number of hydrogen-bond acceptors (Lipinski definition) is 7. The Morgan fingerprint density at radius 1 is 1.15 bits per heavy atom. The molecule has 2 saturated heterocycles. The molecule has 2 aromatic rings. The molecule has 4 rings (SSSR count). The molecule has 2 heterocycles. The summed E-state index contributed by atoms with van der Waals surface area (Å²) in [6.45, 7) is 1.24. The van der Waals surface area contributed by atoms with Crippen LogP contribution in [-0.4, -0.2) is 47.5 Å². The van der Waals surface area contributed by atoms with Crippen LogP contribution in [0.4, 0.5) is 0 Å². The number of carbonyl (C=O) groups excluding carboxylic acids is 2. The zero-order valence-corrected chi connectivity index (χ0v) is 19.7. The maximum absolute atomic E-state index is 12.8. The van der Waals surface area contributed by atoms with Crippen LogP contribution in [0.15, 0.2) is 59.5 Å². The maximum Gasteiger partial charge on any atom is 0.336 e. The molecule has 0 spiro atoms. The van der Waals surface area contributed by atoms with Crippen molar-refractivity contribution in [3.63, 3.8) is 0 Å². The van der Waals surface area contributed by atoms with Crippen LogP contribution in [0.3, 0.4) is 0 Å². The van der Waals surface area contributed by atoms with Crippen molar-refractivity contribution in [1.82, 2.24) is 4.90 Å². The second-order valence-electron chi connectivity index (χ2n) is 7.52. The molecule has 0 saturated carbocycles. The van der Waals surface area contributed by atoms with E-state index in [0.717, 1.165) is 36.3 Å². The lowest BCUT2D eigenvalue weighted by Gasteiger charge is -2.18. The minimum atomic E-state index is -0.478. The minimum Gasteiger partial charge on any atom is -0.497 e. The number of carbonyl (C=O) groups is 2. The zero-order chi connectivity index (χ0) is 23.2. The van der Waals surface area contributed by atoms with Gasteiger partial charge in [-0.25, -0.2) is 4.79 Å². The zero-order valence-electron chi connectivity index (χ0n) is 18.1. The molecule has 0 aliphatic carbocycles. The van der Waals surface area contributed by atoms with Gasteiger partial charge in [0.25, 0.3) is 5.91 Å². The van der Waals surface area contributed by atoms with Gasteiger partial charge in [-0.2, -0.15) is 0 Å². The molecule has 2 aliphatic rings. The third-order valence-corrected chi connectivity index (χ3v) is 6.59. The maximum atomic E-state index is 12.8. The first-order valence-corrected chi connectivity index (χ1v) is 11.8. The summed E-state index contributed by atoms with van der Waals surface area (Å²) in [6, 6.07) is 14.3. The van der Waals surface area contributed by atoms with E-state index in [-0.39, 0.29) is 12.0 Å². The molecule has 0 unspecified atom stereocenters. The smallest absolute Gasteiger partial charge is 0.336 e. The van der Waals surface area contributed by atoms with E-state index in [1.807, 2.05) is 24.3 Å². The molecule has 33 heavy (non-hydrogen) atoms. The van der Waals surface area contributed by atoms with Gasteiger partial charge >= 0.3 is 5.97 Å². The van der Waals surface area contributed by atoms with Crippen LogP contribution in [0.5, 0.6) is 11.5 Å². The second-order valence-corrected chi connectivity index (χ2v) is 9.20. The fourth-order valence-corrected chi connectivity index (χ4v) is 4.74. The van der Waals surface area contributed by atoms with Crippen LogP contribution in [0, 0.1) is 0 Å². The molecule has 0 bridgehead atoms. The van der Waals surface area contributed by atoms with E-state index in [1.165, 1.54) is 17.8 Å². The van der Waals surface area contributed by atoms with Gasteiger partial charge in [0.05, 0.1) is 24.7 Å². The van der Waals surface area contributed by atoms with Crippen molar-refractivity contribution in [2.45, 2.75) is 18.9 Å². The molecule has 8 heteroatoms. The molecule has 0 N–H and O–H groups in total. The van der Waals surface area contributed by atoms with E-state index in [4.69, 9.17) is 26.4 Å². The average Bonchev–Trinajstić information content (AvgIpc) is 3.43. The van der Waals surface area contributed by atoms with E-state index in [2.05, 4.69) is 0 Å². The van der Waals surface area contributed by atoms with Crippen molar-refractivity contribution < 1.29 is 23.8 Å². The normalized spacial score (nSPS) is 19.6. The number of nitrogens with zero attached hydrogens (tertiary/aromatic N) is 1. The van der Waals surface area contributed by atoms with E-state index in [0.29, 0.717) is 21.5 Å². The number of amides is 1. The lowest BCUT2D eigenvalue weighted by atomic mass is 10.2. The fraction of sp³-hybridized carbons (Fsp3) is 0.240. The highest BCUT2D eigenvalue weighted by Gasteiger charge is 2.34. The van der Waals surface area contributed by atoms with Crippen molar-refractivity contribution in [3.05, 3.63) is 70.6 Å². The first-order valence-electron chi connectivity index (χ1n) is 10.5. The predicted octanol–water partition coefficient (Wildman–Crippen LogP) is 4.69. The Balaban J connectivity index is 1.34. The van der Waals surface area contributed by atoms with Crippen LogP contribution in [-0.2, 0) is 14.3 Å². The van der Waals surface area contributed by atoms with Gasteiger partial charge in [0.15, 0.2) is 0 Å². The first kappa shape index (κ1) is 23.2. The molecule has 1 amide bonds. The predicted molar refractivity (Wildman–Crippen MR) is 133 cm³/mol. The SMILES string of the molecule is COc1ccc(/C=C/C(=O)Oc2ccc(/C=C3/SC(=S)N(C[C@H]4CCCO4)C3=O)cc2)cc1. The molecule has 1 atom stereocenters. The Kier molecular flexibility index (Phi) is 7.59. The molecule has 2 aliphatic heterocycles. The lowest BCUT2D eigenvalue weighted by Crippen LogP contribution is -2.35. The number of thiocarbonyl (C=S) groups is 1. The molecular formula is C25H23NO5S2. The molecule has 2 fully saturated rings. The summed E-state index contributed by atoms with van der Waals surface area (Å²) in [5.74, 6) is 0.593. The highest BCUT2D eigenvalue weighted by Crippen LogP contribution is 2.33. The fourth-order valence-electron chi connectivity index (χ4n) is 3.46. The van der Waals surface area contributed by atoms with Crippen LogP contribution >= 0.6 is 24.0 Å². The minimum absolute atomic E-state index is 0.0552. The Morgan fingerprint density at radius 3 is 2.52 bits per heavy atom. The van der Waals surface area contributed by atoms with Gasteiger partial charge in [0.1, 0.15) is 15.8 Å². The van der Waals surface area contributed by atoms with Gasteiger partial charge in [-0.05, 0) is 60.4 Å². The number of methoxy groups -OCH3 is 1. The van der Waals surface area contributed by atoms with E-state index in [1.54, 1.807) is 48.4 Å². The van der Waals surface area contributed by atoms with E-state index < -0.39 is 5.97 Å². The summed E-state index contributed by atoms with van der Waals surface area (Å²) >= 11 is 6.68. The Hall–Kier alpha value is -2.94. The third-order valence-electron chi connectivity index (χ3n) is 5.21. The van der Waals surface area contributed by atoms with Gasteiger partial charge in [0, 0.05) is 12.7 Å². The van der Waals surface area contributed by atoms with Crippen LogP contribution < -0.4 is 9.47 Å². The van der Waals surface area contributed by atoms with Crippen LogP contribution in [0.25, 0.3) is 12.2 Å². The summed E-state index contributed by atoms with van der Waals surface area (Å²) < 4.78 is 16.6. The second kappa shape index (κ2) is 10.8. The van der Waals surface area contributed by atoms with Crippen LogP contribution in [0.2, 0.25) is 0 Å². The van der Waals surface area contributed by atoms with Crippen molar-refractivity contribution >= 4 is 52.3 Å². The number of thioether (sulfide) groups is 1. The third kappa shape index (κ3) is 6.10. The van der Waals surface area contributed by atoms with Crippen molar-refractivity contribution in [1.29, 1.82) is 0 Å². The summed E-state index contributed by atoms with van der Waals surface area (Å²) in [5, 5.41) is 0. The van der Waals surface area contributed by atoms with Gasteiger partial charge < -0.3 is 14.2 Å². The highest BCUT2D eigenvalue weighted by molar-refractivity contribution is 8.26. The first-order chi connectivity index (χ1) is 16.0. The molecule has 170 valence electrons. The highest BCUT2D eigenvalue weighted by atomic mass is 32.2.